The van der Waals surface area contributed by atoms with Crippen molar-refractivity contribution >= 4 is 23.2 Å². The Labute approximate surface area is 139 Å². The molecule has 0 saturated carbocycles. The summed E-state index contributed by atoms with van der Waals surface area (Å²) in [6, 6.07) is -0.567. The Hall–Kier alpha value is -1.67. The lowest BCUT2D eigenvalue weighted by Crippen LogP contribution is -2.50. The Morgan fingerprint density at radius 3 is 2.52 bits per heavy atom. The van der Waals surface area contributed by atoms with Gasteiger partial charge in [-0.15, -0.1) is 0 Å². The molecule has 0 aromatic carbocycles. The number of amides is 2. The summed E-state index contributed by atoms with van der Waals surface area (Å²) in [5.41, 5.74) is 0.894. The smallest absolute Gasteiger partial charge is 0.307 e. The second kappa shape index (κ2) is 7.74. The van der Waals surface area contributed by atoms with Gasteiger partial charge in [-0.2, -0.15) is 0 Å². The molecule has 0 spiro atoms. The molecule has 1 fully saturated rings. The number of ether oxygens (including phenoxy) is 1. The third kappa shape index (κ3) is 4.42. The number of nitrogens with zero attached hydrogens (tertiary/aromatic N) is 2. The number of thiazole rings is 1. The van der Waals surface area contributed by atoms with E-state index in [2.05, 4.69) is 5.32 Å². The number of carbonyl (C=O) groups excluding carboxylic acids is 2. The van der Waals surface area contributed by atoms with Gasteiger partial charge in [0.2, 0.25) is 11.8 Å². The summed E-state index contributed by atoms with van der Waals surface area (Å²) >= 11 is 1.19. The number of hydrogen-bond donors (Lipinski definition) is 1. The summed E-state index contributed by atoms with van der Waals surface area (Å²) in [4.78, 5) is 38.6. The molecule has 1 aliphatic heterocycles. The fourth-order valence-electron chi connectivity index (χ4n) is 2.49. The molecule has 0 aliphatic carbocycles. The molecule has 0 bridgehead atoms. The van der Waals surface area contributed by atoms with Crippen molar-refractivity contribution in [3.8, 4) is 0 Å². The third-order valence-corrected chi connectivity index (χ3v) is 5.00. The average molecular weight is 341 g/mol. The van der Waals surface area contributed by atoms with Gasteiger partial charge in [-0.1, -0.05) is 11.3 Å². The number of carbonyl (C=O) groups is 2. The van der Waals surface area contributed by atoms with Gasteiger partial charge in [-0.3, -0.25) is 14.4 Å². The standard InChI is InChI=1S/C15H23N3O4S/c1-10(14(20)17-6-8-22-9-7-17)16-13(19)4-5-18-11(2)12(3)23-15(18)21/h10H,4-9H2,1-3H3,(H,16,19). The highest BCUT2D eigenvalue weighted by molar-refractivity contribution is 7.09. The third-order valence-electron chi connectivity index (χ3n) is 4.01. The SMILES string of the molecule is Cc1sc(=O)n(CCC(=O)NC(C)C(=O)N2CCOCC2)c1C. The van der Waals surface area contributed by atoms with Gasteiger partial charge in [-0.05, 0) is 20.8 Å². The summed E-state index contributed by atoms with van der Waals surface area (Å²) < 4.78 is 6.82. The topological polar surface area (TPSA) is 80.6 Å². The highest BCUT2D eigenvalue weighted by atomic mass is 32.1. The summed E-state index contributed by atoms with van der Waals surface area (Å²) in [5.74, 6) is -0.323. The van der Waals surface area contributed by atoms with Crippen LogP contribution in [-0.2, 0) is 20.9 Å². The molecule has 1 saturated heterocycles. The summed E-state index contributed by atoms with van der Waals surface area (Å²) in [6.07, 6.45) is 0.178. The van der Waals surface area contributed by atoms with Crippen molar-refractivity contribution in [1.82, 2.24) is 14.8 Å². The molecule has 1 N–H and O–H groups in total. The molecular formula is C15H23N3O4S. The Morgan fingerprint density at radius 2 is 1.96 bits per heavy atom. The van der Waals surface area contributed by atoms with Gasteiger partial charge < -0.3 is 19.5 Å². The zero-order valence-corrected chi connectivity index (χ0v) is 14.6. The van der Waals surface area contributed by atoms with E-state index in [0.29, 0.717) is 32.8 Å². The Balaban J connectivity index is 1.84. The number of nitrogens with one attached hydrogen (secondary N) is 1. The molecule has 128 valence electrons. The van der Waals surface area contributed by atoms with Crippen molar-refractivity contribution < 1.29 is 14.3 Å². The van der Waals surface area contributed by atoms with Crippen molar-refractivity contribution in [1.29, 1.82) is 0 Å². The summed E-state index contributed by atoms with van der Waals surface area (Å²) in [6.45, 7) is 7.96. The van der Waals surface area contributed by atoms with Crippen LogP contribution in [0.5, 0.6) is 0 Å². The van der Waals surface area contributed by atoms with E-state index in [1.165, 1.54) is 11.3 Å². The Morgan fingerprint density at radius 1 is 1.30 bits per heavy atom. The zero-order chi connectivity index (χ0) is 17.0. The van der Waals surface area contributed by atoms with Gasteiger partial charge in [0.25, 0.3) is 0 Å². The molecule has 1 atom stereocenters. The number of aryl methyl sites for hydroxylation is 1. The molecule has 2 amide bonds. The lowest BCUT2D eigenvalue weighted by molar-refractivity contribution is -0.139. The van der Waals surface area contributed by atoms with Crippen LogP contribution in [0.1, 0.15) is 23.9 Å². The lowest BCUT2D eigenvalue weighted by atomic mass is 10.2. The van der Waals surface area contributed by atoms with Crippen molar-refractivity contribution in [2.24, 2.45) is 0 Å². The predicted octanol–water partition coefficient (Wildman–Crippen LogP) is 0.280. The largest absolute Gasteiger partial charge is 0.378 e. The molecule has 1 unspecified atom stereocenters. The highest BCUT2D eigenvalue weighted by Gasteiger charge is 2.23. The van der Waals surface area contributed by atoms with E-state index >= 15 is 0 Å². The predicted molar refractivity (Wildman–Crippen MR) is 87.7 cm³/mol. The van der Waals surface area contributed by atoms with Crippen LogP contribution in [0.2, 0.25) is 0 Å². The van der Waals surface area contributed by atoms with Gasteiger partial charge in [0.1, 0.15) is 6.04 Å². The van der Waals surface area contributed by atoms with E-state index in [-0.39, 0.29) is 23.1 Å². The van der Waals surface area contributed by atoms with Crippen LogP contribution in [-0.4, -0.2) is 53.6 Å². The van der Waals surface area contributed by atoms with Crippen LogP contribution in [0, 0.1) is 13.8 Å². The van der Waals surface area contributed by atoms with Crippen LogP contribution in [0.15, 0.2) is 4.79 Å². The molecule has 0 radical (unpaired) electrons. The van der Waals surface area contributed by atoms with Crippen molar-refractivity contribution in [2.45, 2.75) is 39.8 Å². The molecule has 1 aliphatic rings. The molecule has 2 rings (SSSR count). The number of rotatable bonds is 5. The van der Waals surface area contributed by atoms with E-state index in [1.54, 1.807) is 16.4 Å². The van der Waals surface area contributed by atoms with Crippen LogP contribution in [0.4, 0.5) is 0 Å². The van der Waals surface area contributed by atoms with E-state index in [0.717, 1.165) is 10.6 Å². The first kappa shape index (κ1) is 17.7. The second-order valence-corrected chi connectivity index (χ2v) is 6.80. The van der Waals surface area contributed by atoms with E-state index in [4.69, 9.17) is 4.74 Å². The molecule has 8 heteroatoms. The maximum Gasteiger partial charge on any atom is 0.307 e. The fraction of sp³-hybridized carbons (Fsp3) is 0.667. The molecule has 23 heavy (non-hydrogen) atoms. The maximum atomic E-state index is 12.2. The summed E-state index contributed by atoms with van der Waals surface area (Å²) in [7, 11) is 0. The quantitative estimate of drug-likeness (QED) is 0.834. The first-order valence-corrected chi connectivity index (χ1v) is 8.54. The van der Waals surface area contributed by atoms with Crippen LogP contribution in [0.25, 0.3) is 0 Å². The minimum Gasteiger partial charge on any atom is -0.378 e. The van der Waals surface area contributed by atoms with Gasteiger partial charge >= 0.3 is 4.87 Å². The molecule has 1 aromatic rings. The van der Waals surface area contributed by atoms with Crippen LogP contribution >= 0.6 is 11.3 Å². The van der Waals surface area contributed by atoms with Crippen molar-refractivity contribution in [3.63, 3.8) is 0 Å². The highest BCUT2D eigenvalue weighted by Crippen LogP contribution is 2.09. The monoisotopic (exact) mass is 341 g/mol. The number of aromatic nitrogens is 1. The maximum absolute atomic E-state index is 12.2. The van der Waals surface area contributed by atoms with Crippen LogP contribution in [0.3, 0.4) is 0 Å². The first-order valence-electron chi connectivity index (χ1n) is 7.73. The number of hydrogen-bond acceptors (Lipinski definition) is 5. The fourth-order valence-corrected chi connectivity index (χ4v) is 3.35. The van der Waals surface area contributed by atoms with Gasteiger partial charge in [-0.25, -0.2) is 0 Å². The summed E-state index contributed by atoms with van der Waals surface area (Å²) in [5, 5.41) is 2.71. The molecule has 2 heterocycles. The van der Waals surface area contributed by atoms with Crippen molar-refractivity contribution in [3.05, 3.63) is 20.2 Å². The minimum absolute atomic E-state index is 0.0507. The van der Waals surface area contributed by atoms with E-state index in [9.17, 15) is 14.4 Å². The van der Waals surface area contributed by atoms with Gasteiger partial charge in [0.15, 0.2) is 0 Å². The zero-order valence-electron chi connectivity index (χ0n) is 13.8. The normalized spacial score (nSPS) is 16.2. The Bertz CT molecular complexity index is 631. The molecule has 1 aromatic heterocycles. The van der Waals surface area contributed by atoms with Gasteiger partial charge in [0.05, 0.1) is 13.2 Å². The van der Waals surface area contributed by atoms with E-state index < -0.39 is 6.04 Å². The average Bonchev–Trinajstić information content (AvgIpc) is 2.78. The number of morpholine rings is 1. The molecule has 7 nitrogen and oxygen atoms in total. The minimum atomic E-state index is -0.567. The van der Waals surface area contributed by atoms with Crippen molar-refractivity contribution in [2.75, 3.05) is 26.3 Å². The second-order valence-electron chi connectivity index (χ2n) is 5.64. The van der Waals surface area contributed by atoms with Gasteiger partial charge in [0, 0.05) is 36.6 Å². The van der Waals surface area contributed by atoms with Crippen LogP contribution < -0.4 is 10.2 Å². The first-order chi connectivity index (χ1) is 10.9. The van der Waals surface area contributed by atoms with E-state index in [1.807, 2.05) is 13.8 Å². The Kier molecular flexibility index (Phi) is 5.95. The molecular weight excluding hydrogens is 318 g/mol. The lowest BCUT2D eigenvalue weighted by Gasteiger charge is -2.29.